The third-order valence-electron chi connectivity index (χ3n) is 4.23. The fourth-order valence-electron chi connectivity index (χ4n) is 2.85. The van der Waals surface area contributed by atoms with E-state index in [1.165, 1.54) is 11.1 Å². The first kappa shape index (κ1) is 17.1. The summed E-state index contributed by atoms with van der Waals surface area (Å²) in [5, 5.41) is 0. The predicted octanol–water partition coefficient (Wildman–Crippen LogP) is 5.07. The van der Waals surface area contributed by atoms with Crippen molar-refractivity contribution in [2.45, 2.75) is 33.1 Å². The highest BCUT2D eigenvalue weighted by atomic mass is 16.2. The number of benzene rings is 2. The third-order valence-corrected chi connectivity index (χ3v) is 4.23. The monoisotopic (exact) mass is 310 g/mol. The predicted molar refractivity (Wildman–Crippen MR) is 98.6 cm³/mol. The van der Waals surface area contributed by atoms with Gasteiger partial charge in [0.1, 0.15) is 0 Å². The van der Waals surface area contributed by atoms with Crippen molar-refractivity contribution in [2.75, 3.05) is 23.9 Å². The summed E-state index contributed by atoms with van der Waals surface area (Å²) in [7, 11) is 3.68. The van der Waals surface area contributed by atoms with E-state index in [1.54, 1.807) is 9.80 Å². The number of amides is 2. The van der Waals surface area contributed by atoms with Gasteiger partial charge in [-0.2, -0.15) is 0 Å². The number of rotatable bonds is 4. The van der Waals surface area contributed by atoms with E-state index < -0.39 is 0 Å². The minimum absolute atomic E-state index is 0.0287. The average molecular weight is 310 g/mol. The van der Waals surface area contributed by atoms with Crippen molar-refractivity contribution in [3.8, 4) is 0 Å². The van der Waals surface area contributed by atoms with Gasteiger partial charge in [0.25, 0.3) is 0 Å². The van der Waals surface area contributed by atoms with E-state index in [-0.39, 0.29) is 6.03 Å². The number of urea groups is 1. The molecule has 0 aliphatic carbocycles. The number of carbonyl (C=O) groups excluding carboxylic acids is 1. The van der Waals surface area contributed by atoms with E-state index in [9.17, 15) is 4.79 Å². The van der Waals surface area contributed by atoms with Gasteiger partial charge in [-0.25, -0.2) is 4.79 Å². The average Bonchev–Trinajstić information content (AvgIpc) is 2.59. The molecule has 0 spiro atoms. The van der Waals surface area contributed by atoms with Crippen LogP contribution in [0.25, 0.3) is 0 Å². The highest BCUT2D eigenvalue weighted by Gasteiger charge is 2.21. The maximum absolute atomic E-state index is 12.9. The normalized spacial score (nSPS) is 10.7. The minimum atomic E-state index is -0.0287. The van der Waals surface area contributed by atoms with Gasteiger partial charge in [-0.3, -0.25) is 9.80 Å². The molecular weight excluding hydrogens is 284 g/mol. The van der Waals surface area contributed by atoms with Crippen molar-refractivity contribution in [3.05, 3.63) is 59.7 Å². The van der Waals surface area contributed by atoms with E-state index >= 15 is 0 Å². The molecule has 0 radical (unpaired) electrons. The Kier molecular flexibility index (Phi) is 5.43. The van der Waals surface area contributed by atoms with Crippen LogP contribution in [0.5, 0.6) is 0 Å². The van der Waals surface area contributed by atoms with Gasteiger partial charge in [0.05, 0.1) is 0 Å². The van der Waals surface area contributed by atoms with E-state index in [0.717, 1.165) is 17.8 Å². The van der Waals surface area contributed by atoms with Gasteiger partial charge in [0.2, 0.25) is 0 Å². The van der Waals surface area contributed by atoms with Crippen LogP contribution in [0.2, 0.25) is 0 Å². The lowest BCUT2D eigenvalue weighted by atomic mass is 10.0. The zero-order valence-corrected chi connectivity index (χ0v) is 14.7. The molecule has 0 N–H and O–H groups in total. The molecule has 122 valence electrons. The number of hydrogen-bond acceptors (Lipinski definition) is 1. The molecule has 2 amide bonds. The topological polar surface area (TPSA) is 23.6 Å². The van der Waals surface area contributed by atoms with Crippen LogP contribution in [-0.4, -0.2) is 20.1 Å². The van der Waals surface area contributed by atoms with Crippen molar-refractivity contribution in [1.29, 1.82) is 0 Å². The summed E-state index contributed by atoms with van der Waals surface area (Å²) in [6.07, 6.45) is 0.903. The van der Waals surface area contributed by atoms with Gasteiger partial charge in [-0.1, -0.05) is 57.2 Å². The molecule has 2 aromatic carbocycles. The number of anilines is 2. The highest BCUT2D eigenvalue weighted by molar-refractivity contribution is 6.03. The molecule has 2 rings (SSSR count). The second kappa shape index (κ2) is 7.32. The number of hydrogen-bond donors (Lipinski definition) is 0. The maximum atomic E-state index is 12.9. The van der Waals surface area contributed by atoms with Gasteiger partial charge < -0.3 is 0 Å². The molecular formula is C20H26N2O. The first-order chi connectivity index (χ1) is 11.0. The highest BCUT2D eigenvalue weighted by Crippen LogP contribution is 2.28. The Bertz CT molecular complexity index is 679. The molecule has 0 unspecified atom stereocenters. The Hall–Kier alpha value is -2.29. The van der Waals surface area contributed by atoms with E-state index in [4.69, 9.17) is 0 Å². The first-order valence-electron chi connectivity index (χ1n) is 8.15. The SMILES string of the molecule is CCc1ccccc1N(C)C(=O)N(C)c1ccccc1C(C)C. The van der Waals surface area contributed by atoms with Crippen LogP contribution in [0.4, 0.5) is 16.2 Å². The third kappa shape index (κ3) is 3.55. The van der Waals surface area contributed by atoms with Crippen LogP contribution in [0.15, 0.2) is 48.5 Å². The van der Waals surface area contributed by atoms with Crippen molar-refractivity contribution >= 4 is 17.4 Å². The summed E-state index contributed by atoms with van der Waals surface area (Å²) in [6.45, 7) is 6.40. The van der Waals surface area contributed by atoms with Crippen molar-refractivity contribution < 1.29 is 4.79 Å². The molecule has 0 atom stereocenters. The molecule has 0 saturated heterocycles. The lowest BCUT2D eigenvalue weighted by Gasteiger charge is -2.28. The summed E-state index contributed by atoms with van der Waals surface area (Å²) < 4.78 is 0. The molecule has 2 aromatic rings. The van der Waals surface area contributed by atoms with Crippen molar-refractivity contribution in [2.24, 2.45) is 0 Å². The van der Waals surface area contributed by atoms with Crippen LogP contribution in [0, 0.1) is 0 Å². The molecule has 3 heteroatoms. The lowest BCUT2D eigenvalue weighted by Crippen LogP contribution is -2.39. The molecule has 0 fully saturated rings. The largest absolute Gasteiger partial charge is 0.328 e. The Morgan fingerprint density at radius 2 is 1.43 bits per heavy atom. The smallest absolute Gasteiger partial charge is 0.297 e. The van der Waals surface area contributed by atoms with Gasteiger partial charge in [-0.15, -0.1) is 0 Å². The fourth-order valence-corrected chi connectivity index (χ4v) is 2.85. The molecule has 0 aromatic heterocycles. The molecule has 0 aliphatic rings. The van der Waals surface area contributed by atoms with E-state index in [1.807, 2.05) is 50.5 Å². The van der Waals surface area contributed by atoms with Crippen LogP contribution in [0.1, 0.15) is 37.8 Å². The van der Waals surface area contributed by atoms with Gasteiger partial charge >= 0.3 is 6.03 Å². The lowest BCUT2D eigenvalue weighted by molar-refractivity contribution is 0.253. The van der Waals surface area contributed by atoms with E-state index in [0.29, 0.717) is 5.92 Å². The first-order valence-corrected chi connectivity index (χ1v) is 8.15. The Balaban J connectivity index is 2.33. The van der Waals surface area contributed by atoms with Gasteiger partial charge in [0, 0.05) is 25.5 Å². The minimum Gasteiger partial charge on any atom is -0.297 e. The summed E-state index contributed by atoms with van der Waals surface area (Å²) in [4.78, 5) is 16.4. The van der Waals surface area contributed by atoms with Crippen LogP contribution >= 0.6 is 0 Å². The van der Waals surface area contributed by atoms with Crippen molar-refractivity contribution in [3.63, 3.8) is 0 Å². The Morgan fingerprint density at radius 3 is 2.04 bits per heavy atom. The molecule has 0 heterocycles. The fraction of sp³-hybridized carbons (Fsp3) is 0.350. The number of para-hydroxylation sites is 2. The summed E-state index contributed by atoms with van der Waals surface area (Å²) in [5.74, 6) is 0.370. The zero-order chi connectivity index (χ0) is 17.0. The maximum Gasteiger partial charge on any atom is 0.328 e. The Labute approximate surface area is 139 Å². The standard InChI is InChI=1S/C20H26N2O/c1-6-16-11-7-9-13-18(16)21(4)20(23)22(5)19-14-10-8-12-17(19)15(2)3/h7-15H,6H2,1-5H3. The summed E-state index contributed by atoms with van der Waals surface area (Å²) >= 11 is 0. The molecule has 0 bridgehead atoms. The summed E-state index contributed by atoms with van der Waals surface area (Å²) in [5.41, 5.74) is 4.29. The summed E-state index contributed by atoms with van der Waals surface area (Å²) in [6, 6.07) is 16.1. The molecule has 23 heavy (non-hydrogen) atoms. The molecule has 0 aliphatic heterocycles. The number of aryl methyl sites for hydroxylation is 1. The van der Waals surface area contributed by atoms with Gasteiger partial charge in [0.15, 0.2) is 0 Å². The van der Waals surface area contributed by atoms with Crippen molar-refractivity contribution in [1.82, 2.24) is 0 Å². The quantitative estimate of drug-likeness (QED) is 0.774. The van der Waals surface area contributed by atoms with Crippen LogP contribution < -0.4 is 9.80 Å². The Morgan fingerprint density at radius 1 is 0.913 bits per heavy atom. The molecule has 3 nitrogen and oxygen atoms in total. The number of nitrogens with zero attached hydrogens (tertiary/aromatic N) is 2. The van der Waals surface area contributed by atoms with Gasteiger partial charge in [-0.05, 0) is 35.6 Å². The second-order valence-electron chi connectivity index (χ2n) is 6.10. The van der Waals surface area contributed by atoms with Crippen LogP contribution in [-0.2, 0) is 6.42 Å². The van der Waals surface area contributed by atoms with E-state index in [2.05, 4.69) is 32.9 Å². The molecule has 0 saturated carbocycles. The van der Waals surface area contributed by atoms with Crippen LogP contribution in [0.3, 0.4) is 0 Å². The zero-order valence-electron chi connectivity index (χ0n) is 14.7. The second-order valence-corrected chi connectivity index (χ2v) is 6.10. The number of carbonyl (C=O) groups is 1.